The van der Waals surface area contributed by atoms with Crippen LogP contribution in [0, 0.1) is 5.82 Å². The van der Waals surface area contributed by atoms with E-state index in [0.29, 0.717) is 4.48 Å². The highest BCUT2D eigenvalue weighted by Gasteiger charge is 2.25. The van der Waals surface area contributed by atoms with Gasteiger partial charge >= 0.3 is 5.97 Å². The molecule has 0 aromatic heterocycles. The molecule has 5 heteroatoms. The Bertz CT molecular complexity index is 841. The normalized spacial score (nSPS) is 16.4. The Labute approximate surface area is 140 Å². The average Bonchev–Trinajstić information content (AvgIpc) is 2.89. The van der Waals surface area contributed by atoms with E-state index in [2.05, 4.69) is 20.9 Å². The lowest BCUT2D eigenvalue weighted by molar-refractivity contribution is -0.130. The Kier molecular flexibility index (Phi) is 4.48. The Morgan fingerprint density at radius 3 is 2.52 bits per heavy atom. The lowest BCUT2D eigenvalue weighted by Gasteiger charge is -1.99. The summed E-state index contributed by atoms with van der Waals surface area (Å²) in [5.74, 6) is -1.12. The third-order valence-corrected chi connectivity index (χ3v) is 3.56. The summed E-state index contributed by atoms with van der Waals surface area (Å²) in [6, 6.07) is 15.6. The van der Waals surface area contributed by atoms with Crippen LogP contribution in [0.2, 0.25) is 0 Å². The van der Waals surface area contributed by atoms with Crippen LogP contribution in [0.5, 0.6) is 0 Å². The van der Waals surface area contributed by atoms with Crippen molar-refractivity contribution in [2.24, 2.45) is 4.99 Å². The average molecular weight is 372 g/mol. The van der Waals surface area contributed by atoms with Crippen molar-refractivity contribution in [1.29, 1.82) is 0 Å². The maximum absolute atomic E-state index is 13.7. The van der Waals surface area contributed by atoms with Crippen LogP contribution in [0.25, 0.3) is 6.08 Å². The number of cyclic esters (lactones) is 1. The smallest absolute Gasteiger partial charge is 0.363 e. The third kappa shape index (κ3) is 3.63. The molecule has 0 atom stereocenters. The Morgan fingerprint density at radius 1 is 1.09 bits per heavy atom. The summed E-state index contributed by atoms with van der Waals surface area (Å²) < 4.78 is 19.4. The third-order valence-electron chi connectivity index (χ3n) is 3.10. The summed E-state index contributed by atoms with van der Waals surface area (Å²) >= 11 is 3.38. The molecule has 0 saturated heterocycles. The van der Waals surface area contributed by atoms with Crippen molar-refractivity contribution in [3.8, 4) is 0 Å². The maximum Gasteiger partial charge on any atom is 0.363 e. The SMILES string of the molecule is O=C1OC(c2ccccc2F)=N/C1=C\C(Br)=C\c1ccccc1. The van der Waals surface area contributed by atoms with Crippen molar-refractivity contribution in [3.05, 3.63) is 87.8 Å². The Balaban J connectivity index is 1.89. The fraction of sp³-hybridized carbons (Fsp3) is 0. The van der Waals surface area contributed by atoms with Crippen LogP contribution < -0.4 is 0 Å². The van der Waals surface area contributed by atoms with Gasteiger partial charge in [0.2, 0.25) is 5.90 Å². The van der Waals surface area contributed by atoms with E-state index in [1.165, 1.54) is 12.1 Å². The van der Waals surface area contributed by atoms with Crippen LogP contribution >= 0.6 is 15.9 Å². The van der Waals surface area contributed by atoms with Gasteiger partial charge in [0.05, 0.1) is 5.56 Å². The Morgan fingerprint density at radius 2 is 1.78 bits per heavy atom. The molecule has 0 N–H and O–H groups in total. The van der Waals surface area contributed by atoms with Gasteiger partial charge in [0.15, 0.2) is 5.70 Å². The molecule has 0 fully saturated rings. The second-order valence-electron chi connectivity index (χ2n) is 4.76. The molecule has 0 radical (unpaired) electrons. The molecule has 3 rings (SSSR count). The molecule has 23 heavy (non-hydrogen) atoms. The van der Waals surface area contributed by atoms with E-state index in [1.807, 2.05) is 36.4 Å². The first-order valence-corrected chi connectivity index (χ1v) is 7.62. The van der Waals surface area contributed by atoms with E-state index in [4.69, 9.17) is 4.74 Å². The summed E-state index contributed by atoms with van der Waals surface area (Å²) in [5, 5.41) is 0. The molecule has 1 aliphatic heterocycles. The Hall–Kier alpha value is -2.53. The minimum Gasteiger partial charge on any atom is -0.402 e. The van der Waals surface area contributed by atoms with Gasteiger partial charge in [-0.25, -0.2) is 14.2 Å². The molecule has 0 saturated carbocycles. The number of benzene rings is 2. The highest BCUT2D eigenvalue weighted by atomic mass is 79.9. The molecule has 0 spiro atoms. The van der Waals surface area contributed by atoms with Crippen LogP contribution in [-0.2, 0) is 9.53 Å². The molecule has 0 amide bonds. The lowest BCUT2D eigenvalue weighted by atomic mass is 10.2. The monoisotopic (exact) mass is 371 g/mol. The number of aliphatic imine (C=N–C) groups is 1. The summed E-state index contributed by atoms with van der Waals surface area (Å²) in [6.07, 6.45) is 3.39. The van der Waals surface area contributed by atoms with Gasteiger partial charge in [0.25, 0.3) is 0 Å². The molecular formula is C18H11BrFNO2. The molecule has 0 aliphatic carbocycles. The molecule has 0 bridgehead atoms. The number of hydrogen-bond acceptors (Lipinski definition) is 3. The first-order chi connectivity index (χ1) is 11.1. The molecular weight excluding hydrogens is 361 g/mol. The number of allylic oxidation sites excluding steroid dienone is 2. The number of rotatable bonds is 3. The van der Waals surface area contributed by atoms with E-state index in [0.717, 1.165) is 5.56 Å². The predicted octanol–water partition coefficient (Wildman–Crippen LogP) is 4.45. The van der Waals surface area contributed by atoms with Crippen molar-refractivity contribution in [1.82, 2.24) is 0 Å². The van der Waals surface area contributed by atoms with Crippen molar-refractivity contribution >= 4 is 33.9 Å². The van der Waals surface area contributed by atoms with Gasteiger partial charge in [-0.3, -0.25) is 0 Å². The highest BCUT2D eigenvalue weighted by Crippen LogP contribution is 2.22. The van der Waals surface area contributed by atoms with Gasteiger partial charge in [0.1, 0.15) is 5.82 Å². The van der Waals surface area contributed by atoms with Gasteiger partial charge in [-0.15, -0.1) is 0 Å². The molecule has 0 unspecified atom stereocenters. The quantitative estimate of drug-likeness (QED) is 0.590. The zero-order chi connectivity index (χ0) is 16.2. The van der Waals surface area contributed by atoms with Gasteiger partial charge in [-0.2, -0.15) is 0 Å². The number of halogens is 2. The largest absolute Gasteiger partial charge is 0.402 e. The van der Waals surface area contributed by atoms with Crippen molar-refractivity contribution < 1.29 is 13.9 Å². The molecule has 2 aromatic rings. The first-order valence-electron chi connectivity index (χ1n) is 6.83. The second-order valence-corrected chi connectivity index (χ2v) is 5.67. The zero-order valence-corrected chi connectivity index (χ0v) is 13.5. The van der Waals surface area contributed by atoms with E-state index in [9.17, 15) is 9.18 Å². The summed E-state index contributed by atoms with van der Waals surface area (Å²) in [7, 11) is 0. The summed E-state index contributed by atoms with van der Waals surface area (Å²) in [6.45, 7) is 0. The molecule has 1 heterocycles. The van der Waals surface area contributed by atoms with Crippen LogP contribution in [0.1, 0.15) is 11.1 Å². The van der Waals surface area contributed by atoms with E-state index in [-0.39, 0.29) is 17.2 Å². The molecule has 1 aliphatic rings. The number of hydrogen-bond donors (Lipinski definition) is 0. The number of carbonyl (C=O) groups is 1. The van der Waals surface area contributed by atoms with Crippen LogP contribution in [0.15, 0.2) is 75.8 Å². The molecule has 114 valence electrons. The van der Waals surface area contributed by atoms with Crippen LogP contribution in [0.4, 0.5) is 4.39 Å². The topological polar surface area (TPSA) is 38.7 Å². The minimum absolute atomic E-state index is 0.0284. The maximum atomic E-state index is 13.7. The number of carbonyl (C=O) groups excluding carboxylic acids is 1. The van der Waals surface area contributed by atoms with Crippen LogP contribution in [0.3, 0.4) is 0 Å². The van der Waals surface area contributed by atoms with E-state index < -0.39 is 11.8 Å². The standard InChI is InChI=1S/C18H11BrFNO2/c19-13(10-12-6-2-1-3-7-12)11-16-18(22)23-17(21-16)14-8-4-5-9-15(14)20/h1-11H/b13-10-,16-11-. The van der Waals surface area contributed by atoms with Gasteiger partial charge in [0, 0.05) is 4.48 Å². The van der Waals surface area contributed by atoms with Crippen molar-refractivity contribution in [2.45, 2.75) is 0 Å². The van der Waals surface area contributed by atoms with E-state index in [1.54, 1.807) is 18.2 Å². The summed E-state index contributed by atoms with van der Waals surface area (Å²) in [5.41, 5.74) is 1.25. The summed E-state index contributed by atoms with van der Waals surface area (Å²) in [4.78, 5) is 16.0. The zero-order valence-electron chi connectivity index (χ0n) is 11.9. The fourth-order valence-corrected chi connectivity index (χ4v) is 2.52. The van der Waals surface area contributed by atoms with Crippen molar-refractivity contribution in [3.63, 3.8) is 0 Å². The lowest BCUT2D eigenvalue weighted by Crippen LogP contribution is -2.07. The highest BCUT2D eigenvalue weighted by molar-refractivity contribution is 9.12. The number of ether oxygens (including phenoxy) is 1. The van der Waals surface area contributed by atoms with Gasteiger partial charge in [-0.05, 0) is 29.8 Å². The number of esters is 1. The van der Waals surface area contributed by atoms with Crippen molar-refractivity contribution in [2.75, 3.05) is 0 Å². The molecule has 3 nitrogen and oxygen atoms in total. The predicted molar refractivity (Wildman–Crippen MR) is 90.5 cm³/mol. The van der Waals surface area contributed by atoms with Gasteiger partial charge < -0.3 is 4.74 Å². The van der Waals surface area contributed by atoms with Crippen LogP contribution in [-0.4, -0.2) is 11.9 Å². The fourth-order valence-electron chi connectivity index (χ4n) is 2.04. The van der Waals surface area contributed by atoms with Gasteiger partial charge in [-0.1, -0.05) is 58.4 Å². The van der Waals surface area contributed by atoms with E-state index >= 15 is 0 Å². The second kappa shape index (κ2) is 6.71. The molecule has 2 aromatic carbocycles. The number of nitrogens with zero attached hydrogens (tertiary/aromatic N) is 1. The first kappa shape index (κ1) is 15.4. The minimum atomic E-state index is -0.610.